The van der Waals surface area contributed by atoms with Gasteiger partial charge in [-0.25, -0.2) is 4.98 Å². The SMILES string of the molecule is Cc1c[nH]c2nccc(Oc3ccc(C[C@@H](N)C(=O)NCC4CCCCC4)cc3)c12. The number of rotatable bonds is 7. The minimum absolute atomic E-state index is 0.0667. The van der Waals surface area contributed by atoms with Crippen LogP contribution in [0.25, 0.3) is 11.0 Å². The van der Waals surface area contributed by atoms with Crippen molar-refractivity contribution in [3.05, 3.63) is 53.9 Å². The Kier molecular flexibility index (Phi) is 6.33. The molecule has 1 aliphatic carbocycles. The van der Waals surface area contributed by atoms with Crippen LogP contribution >= 0.6 is 0 Å². The highest BCUT2D eigenvalue weighted by molar-refractivity contribution is 5.86. The minimum atomic E-state index is -0.539. The molecule has 0 spiro atoms. The van der Waals surface area contributed by atoms with Crippen LogP contribution in [0.1, 0.15) is 43.2 Å². The number of hydrogen-bond acceptors (Lipinski definition) is 4. The highest BCUT2D eigenvalue weighted by Gasteiger charge is 2.18. The lowest BCUT2D eigenvalue weighted by Crippen LogP contribution is -2.43. The maximum atomic E-state index is 12.4. The predicted octanol–water partition coefficient (Wildman–Crippen LogP) is 4.23. The number of aryl methyl sites for hydroxylation is 1. The van der Waals surface area contributed by atoms with Crippen LogP contribution in [0.5, 0.6) is 11.5 Å². The minimum Gasteiger partial charge on any atom is -0.457 e. The van der Waals surface area contributed by atoms with Gasteiger partial charge in [-0.05, 0) is 61.4 Å². The molecule has 0 unspecified atom stereocenters. The molecule has 30 heavy (non-hydrogen) atoms. The van der Waals surface area contributed by atoms with Gasteiger partial charge >= 0.3 is 0 Å². The number of aromatic nitrogens is 2. The van der Waals surface area contributed by atoms with E-state index < -0.39 is 6.04 Å². The molecule has 1 amide bonds. The molecule has 1 atom stereocenters. The van der Waals surface area contributed by atoms with Crippen molar-refractivity contribution in [1.29, 1.82) is 0 Å². The first-order chi connectivity index (χ1) is 14.6. The van der Waals surface area contributed by atoms with E-state index >= 15 is 0 Å². The van der Waals surface area contributed by atoms with Gasteiger partial charge in [0.05, 0.1) is 11.4 Å². The van der Waals surface area contributed by atoms with Crippen LogP contribution < -0.4 is 15.8 Å². The zero-order chi connectivity index (χ0) is 20.9. The van der Waals surface area contributed by atoms with Crippen molar-refractivity contribution in [3.8, 4) is 11.5 Å². The fourth-order valence-electron chi connectivity index (χ4n) is 4.20. The topological polar surface area (TPSA) is 93.0 Å². The Morgan fingerprint density at radius 1 is 1.23 bits per heavy atom. The zero-order valence-electron chi connectivity index (χ0n) is 17.5. The maximum Gasteiger partial charge on any atom is 0.237 e. The van der Waals surface area contributed by atoms with Gasteiger partial charge in [-0.15, -0.1) is 0 Å². The molecule has 0 aliphatic heterocycles. The average molecular weight is 407 g/mol. The van der Waals surface area contributed by atoms with Gasteiger partial charge in [0.15, 0.2) is 0 Å². The van der Waals surface area contributed by atoms with E-state index in [-0.39, 0.29) is 5.91 Å². The van der Waals surface area contributed by atoms with E-state index in [0.29, 0.717) is 12.3 Å². The van der Waals surface area contributed by atoms with Crippen molar-refractivity contribution >= 4 is 16.9 Å². The fraction of sp³-hybridized carbons (Fsp3) is 0.417. The summed E-state index contributed by atoms with van der Waals surface area (Å²) in [6.45, 7) is 2.77. The second kappa shape index (κ2) is 9.30. The molecule has 0 saturated heterocycles. The Hall–Kier alpha value is -2.86. The Balaban J connectivity index is 1.32. The third-order valence-corrected chi connectivity index (χ3v) is 5.97. The number of nitrogens with one attached hydrogen (secondary N) is 2. The van der Waals surface area contributed by atoms with E-state index in [9.17, 15) is 4.79 Å². The number of fused-ring (bicyclic) bond motifs is 1. The molecule has 6 heteroatoms. The lowest BCUT2D eigenvalue weighted by molar-refractivity contribution is -0.122. The summed E-state index contributed by atoms with van der Waals surface area (Å²) < 4.78 is 6.07. The maximum absolute atomic E-state index is 12.4. The van der Waals surface area contributed by atoms with Gasteiger partial charge in [0.25, 0.3) is 0 Å². The van der Waals surface area contributed by atoms with Gasteiger partial charge in [-0.1, -0.05) is 31.4 Å². The van der Waals surface area contributed by atoms with Crippen molar-refractivity contribution in [2.24, 2.45) is 11.7 Å². The van der Waals surface area contributed by atoms with Crippen LogP contribution in [0.15, 0.2) is 42.7 Å². The molecular weight excluding hydrogens is 376 g/mol. The molecule has 6 nitrogen and oxygen atoms in total. The van der Waals surface area contributed by atoms with E-state index in [2.05, 4.69) is 15.3 Å². The summed E-state index contributed by atoms with van der Waals surface area (Å²) >= 11 is 0. The first-order valence-corrected chi connectivity index (χ1v) is 10.8. The van der Waals surface area contributed by atoms with Crippen LogP contribution in [0.2, 0.25) is 0 Å². The molecule has 1 aromatic carbocycles. The molecule has 1 saturated carbocycles. The van der Waals surface area contributed by atoms with E-state index in [1.165, 1.54) is 32.1 Å². The van der Waals surface area contributed by atoms with E-state index in [1.807, 2.05) is 43.5 Å². The largest absolute Gasteiger partial charge is 0.457 e. The van der Waals surface area contributed by atoms with E-state index in [0.717, 1.165) is 40.2 Å². The summed E-state index contributed by atoms with van der Waals surface area (Å²) in [5.74, 6) is 2.05. The van der Waals surface area contributed by atoms with Crippen LogP contribution in [0.3, 0.4) is 0 Å². The molecule has 3 aromatic rings. The molecule has 4 N–H and O–H groups in total. The lowest BCUT2D eigenvalue weighted by atomic mass is 9.89. The number of aromatic amines is 1. The first kappa shape index (κ1) is 20.4. The Morgan fingerprint density at radius 3 is 2.77 bits per heavy atom. The van der Waals surface area contributed by atoms with E-state index in [4.69, 9.17) is 10.5 Å². The molecule has 0 radical (unpaired) electrons. The van der Waals surface area contributed by atoms with Gasteiger partial charge in [0, 0.05) is 18.9 Å². The average Bonchev–Trinajstić information content (AvgIpc) is 3.16. The summed E-state index contributed by atoms with van der Waals surface area (Å²) in [5, 5.41) is 4.02. The number of H-pyrrole nitrogens is 1. The summed E-state index contributed by atoms with van der Waals surface area (Å²) in [5.41, 5.74) is 9.06. The molecule has 2 heterocycles. The van der Waals surface area contributed by atoms with Crippen molar-refractivity contribution in [2.45, 2.75) is 51.5 Å². The lowest BCUT2D eigenvalue weighted by Gasteiger charge is -2.22. The standard InChI is InChI=1S/C24H30N4O2/c1-16-14-27-23-22(16)21(11-12-26-23)30-19-9-7-17(8-10-19)13-20(25)24(29)28-15-18-5-3-2-4-6-18/h7-12,14,18,20H,2-6,13,15,25H2,1H3,(H,26,27)(H,28,29)/t20-/m1/s1. The van der Waals surface area contributed by atoms with Crippen molar-refractivity contribution in [2.75, 3.05) is 6.54 Å². The third kappa shape index (κ3) is 4.82. The number of carbonyl (C=O) groups is 1. The smallest absolute Gasteiger partial charge is 0.237 e. The highest BCUT2D eigenvalue weighted by atomic mass is 16.5. The number of nitrogens with zero attached hydrogens (tertiary/aromatic N) is 1. The molecule has 1 aliphatic rings. The predicted molar refractivity (Wildman–Crippen MR) is 119 cm³/mol. The Morgan fingerprint density at radius 2 is 2.00 bits per heavy atom. The Labute approximate surface area is 177 Å². The second-order valence-corrected chi connectivity index (χ2v) is 8.31. The van der Waals surface area contributed by atoms with Crippen LogP contribution in [-0.2, 0) is 11.2 Å². The summed E-state index contributed by atoms with van der Waals surface area (Å²) in [4.78, 5) is 19.8. The molecule has 0 bridgehead atoms. The number of amides is 1. The first-order valence-electron chi connectivity index (χ1n) is 10.8. The highest BCUT2D eigenvalue weighted by Crippen LogP contribution is 2.31. The second-order valence-electron chi connectivity index (χ2n) is 8.31. The summed E-state index contributed by atoms with van der Waals surface area (Å²) in [7, 11) is 0. The molecule has 158 valence electrons. The number of ether oxygens (including phenoxy) is 1. The van der Waals surface area contributed by atoms with Crippen molar-refractivity contribution in [1.82, 2.24) is 15.3 Å². The number of nitrogens with two attached hydrogens (primary N) is 1. The van der Waals surface area contributed by atoms with Crippen molar-refractivity contribution in [3.63, 3.8) is 0 Å². The van der Waals surface area contributed by atoms with Crippen molar-refractivity contribution < 1.29 is 9.53 Å². The normalized spacial score (nSPS) is 15.8. The van der Waals surface area contributed by atoms with Crippen LogP contribution in [0, 0.1) is 12.8 Å². The number of benzene rings is 1. The summed E-state index contributed by atoms with van der Waals surface area (Å²) in [6.07, 6.45) is 10.5. The van der Waals surface area contributed by atoms with Crippen LogP contribution in [0.4, 0.5) is 0 Å². The van der Waals surface area contributed by atoms with Crippen LogP contribution in [-0.4, -0.2) is 28.5 Å². The number of carbonyl (C=O) groups excluding carboxylic acids is 1. The van der Waals surface area contributed by atoms with Gasteiger partial charge in [0.2, 0.25) is 5.91 Å². The zero-order valence-corrected chi connectivity index (χ0v) is 17.5. The molecule has 2 aromatic heterocycles. The number of pyridine rings is 1. The summed E-state index contributed by atoms with van der Waals surface area (Å²) in [6, 6.07) is 9.08. The quantitative estimate of drug-likeness (QED) is 0.547. The number of hydrogen-bond donors (Lipinski definition) is 3. The molecule has 1 fully saturated rings. The third-order valence-electron chi connectivity index (χ3n) is 5.97. The van der Waals surface area contributed by atoms with Gasteiger partial charge < -0.3 is 20.8 Å². The molecular formula is C24H30N4O2. The van der Waals surface area contributed by atoms with Gasteiger partial charge in [-0.3, -0.25) is 4.79 Å². The fourth-order valence-corrected chi connectivity index (χ4v) is 4.20. The van der Waals surface area contributed by atoms with Gasteiger partial charge in [0.1, 0.15) is 17.1 Å². The molecule has 4 rings (SSSR count). The Bertz CT molecular complexity index is 990. The van der Waals surface area contributed by atoms with E-state index in [1.54, 1.807) is 6.20 Å². The monoisotopic (exact) mass is 406 g/mol. The van der Waals surface area contributed by atoms with Gasteiger partial charge in [-0.2, -0.15) is 0 Å².